The van der Waals surface area contributed by atoms with E-state index < -0.39 is 0 Å². The maximum atomic E-state index is 6.25. The maximum Gasteiger partial charge on any atom is 0.136 e. The molecule has 11 aromatic carbocycles. The van der Waals surface area contributed by atoms with Crippen molar-refractivity contribution in [3.63, 3.8) is 0 Å². The van der Waals surface area contributed by atoms with Crippen molar-refractivity contribution in [3.8, 4) is 61.3 Å². The molecule has 0 spiro atoms. The Hall–Kier alpha value is -9.18. The molecule has 13 rings (SSSR count). The molecule has 0 aliphatic heterocycles. The van der Waals surface area contributed by atoms with E-state index in [1.165, 1.54) is 44.1 Å². The summed E-state index contributed by atoms with van der Waals surface area (Å²) >= 11 is 0. The molecule has 13 aromatic rings. The molecule has 0 saturated heterocycles. The second kappa shape index (κ2) is 16.9. The van der Waals surface area contributed by atoms with Gasteiger partial charge in [-0.25, -0.2) is 0 Å². The number of fused-ring (bicyclic) bond motifs is 6. The van der Waals surface area contributed by atoms with E-state index in [2.05, 4.69) is 264 Å². The van der Waals surface area contributed by atoms with E-state index in [1.54, 1.807) is 0 Å². The molecule has 0 fully saturated rings. The highest BCUT2D eigenvalue weighted by molar-refractivity contribution is 6.09. The third kappa shape index (κ3) is 7.25. The topological polar surface area (TPSA) is 21.3 Å². The molecular weight excluding hydrogens is 837 g/mol. The molecule has 3 nitrogen and oxygen atoms in total. The number of furan rings is 1. The molecule has 3 heteroatoms. The first-order valence-corrected chi connectivity index (χ1v) is 23.6. The van der Waals surface area contributed by atoms with E-state index in [0.717, 1.165) is 78.1 Å². The van der Waals surface area contributed by atoms with Gasteiger partial charge < -0.3 is 13.9 Å². The smallest absolute Gasteiger partial charge is 0.136 e. The van der Waals surface area contributed by atoms with Crippen LogP contribution in [0.3, 0.4) is 0 Å². The third-order valence-electron chi connectivity index (χ3n) is 13.6. The lowest BCUT2D eigenvalue weighted by atomic mass is 9.97. The van der Waals surface area contributed by atoms with Gasteiger partial charge in [-0.1, -0.05) is 188 Å². The van der Waals surface area contributed by atoms with Gasteiger partial charge in [0.05, 0.1) is 16.7 Å². The van der Waals surface area contributed by atoms with Gasteiger partial charge in [0.15, 0.2) is 0 Å². The molecule has 0 saturated carbocycles. The third-order valence-corrected chi connectivity index (χ3v) is 13.6. The van der Waals surface area contributed by atoms with Crippen LogP contribution < -0.4 is 4.90 Å². The largest absolute Gasteiger partial charge is 0.456 e. The van der Waals surface area contributed by atoms with Gasteiger partial charge in [-0.15, -0.1) is 0 Å². The molecule has 0 aliphatic carbocycles. The Morgan fingerprint density at radius 2 is 0.725 bits per heavy atom. The number of rotatable bonds is 9. The SMILES string of the molecule is c1ccc(-c2ccccc2N(c2ccc(-c3ccc(-c4cccc(-n5c6ccccc6c6ccccc65)c4)cc3)cc2)c2ccc(-c3cccc(-c4ccc5c(c4)oc4ccccc45)c3)cc2)cc1. The Morgan fingerprint density at radius 1 is 0.275 bits per heavy atom. The second-order valence-electron chi connectivity index (χ2n) is 17.7. The summed E-state index contributed by atoms with van der Waals surface area (Å²) in [6.45, 7) is 0. The molecule has 0 radical (unpaired) electrons. The quantitative estimate of drug-likeness (QED) is 0.144. The van der Waals surface area contributed by atoms with Crippen LogP contribution in [0, 0.1) is 0 Å². The molecular formula is C66H44N2O. The highest BCUT2D eigenvalue weighted by Gasteiger charge is 2.18. The van der Waals surface area contributed by atoms with Gasteiger partial charge in [0.2, 0.25) is 0 Å². The van der Waals surface area contributed by atoms with Gasteiger partial charge in [-0.05, 0) is 129 Å². The predicted octanol–water partition coefficient (Wildman–Crippen LogP) is 18.5. The van der Waals surface area contributed by atoms with Crippen molar-refractivity contribution in [2.24, 2.45) is 0 Å². The van der Waals surface area contributed by atoms with Crippen LogP contribution in [0.2, 0.25) is 0 Å². The van der Waals surface area contributed by atoms with Gasteiger partial charge in [0.25, 0.3) is 0 Å². The fraction of sp³-hybridized carbons (Fsp3) is 0. The normalized spacial score (nSPS) is 11.5. The molecule has 69 heavy (non-hydrogen) atoms. The van der Waals surface area contributed by atoms with E-state index in [0.29, 0.717) is 0 Å². The summed E-state index contributed by atoms with van der Waals surface area (Å²) in [6, 6.07) is 96.1. The lowest BCUT2D eigenvalue weighted by Gasteiger charge is -2.28. The number of benzene rings is 11. The van der Waals surface area contributed by atoms with Crippen LogP contribution in [0.1, 0.15) is 0 Å². The van der Waals surface area contributed by atoms with Gasteiger partial charge in [0.1, 0.15) is 11.2 Å². The maximum absolute atomic E-state index is 6.25. The first kappa shape index (κ1) is 40.1. The molecule has 0 unspecified atom stereocenters. The Balaban J connectivity index is 0.814. The van der Waals surface area contributed by atoms with Crippen molar-refractivity contribution in [3.05, 3.63) is 267 Å². The highest BCUT2D eigenvalue weighted by atomic mass is 16.3. The zero-order chi connectivity index (χ0) is 45.7. The van der Waals surface area contributed by atoms with Gasteiger partial charge in [-0.3, -0.25) is 0 Å². The van der Waals surface area contributed by atoms with Crippen molar-refractivity contribution < 1.29 is 4.42 Å². The monoisotopic (exact) mass is 880 g/mol. The summed E-state index contributed by atoms with van der Waals surface area (Å²) in [6.07, 6.45) is 0. The van der Waals surface area contributed by atoms with Crippen molar-refractivity contribution in [2.75, 3.05) is 4.90 Å². The fourth-order valence-corrected chi connectivity index (χ4v) is 10.2. The van der Waals surface area contributed by atoms with Crippen molar-refractivity contribution in [1.29, 1.82) is 0 Å². The number of para-hydroxylation sites is 4. The van der Waals surface area contributed by atoms with E-state index >= 15 is 0 Å². The summed E-state index contributed by atoms with van der Waals surface area (Å²) in [5.41, 5.74) is 20.3. The van der Waals surface area contributed by atoms with Gasteiger partial charge in [0, 0.05) is 44.2 Å². The Morgan fingerprint density at radius 3 is 1.39 bits per heavy atom. The minimum Gasteiger partial charge on any atom is -0.456 e. The van der Waals surface area contributed by atoms with Crippen molar-refractivity contribution in [1.82, 2.24) is 4.57 Å². The first-order chi connectivity index (χ1) is 34.2. The molecule has 2 heterocycles. The summed E-state index contributed by atoms with van der Waals surface area (Å²) in [7, 11) is 0. The van der Waals surface area contributed by atoms with Gasteiger partial charge in [-0.2, -0.15) is 0 Å². The van der Waals surface area contributed by atoms with Crippen LogP contribution in [-0.4, -0.2) is 4.57 Å². The number of hydrogen-bond acceptors (Lipinski definition) is 2. The van der Waals surface area contributed by atoms with Gasteiger partial charge >= 0.3 is 0 Å². The second-order valence-corrected chi connectivity index (χ2v) is 17.7. The molecule has 0 N–H and O–H groups in total. The number of aromatic nitrogens is 1. The lowest BCUT2D eigenvalue weighted by Crippen LogP contribution is -2.11. The minimum absolute atomic E-state index is 0.902. The highest BCUT2D eigenvalue weighted by Crippen LogP contribution is 2.43. The molecule has 0 amide bonds. The van der Waals surface area contributed by atoms with Crippen LogP contribution >= 0.6 is 0 Å². The van der Waals surface area contributed by atoms with E-state index in [1.807, 2.05) is 12.1 Å². The van der Waals surface area contributed by atoms with Crippen LogP contribution in [0.15, 0.2) is 271 Å². The Bertz CT molecular complexity index is 3940. The predicted molar refractivity (Wildman–Crippen MR) is 290 cm³/mol. The zero-order valence-corrected chi connectivity index (χ0v) is 37.7. The lowest BCUT2D eigenvalue weighted by molar-refractivity contribution is 0.669. The zero-order valence-electron chi connectivity index (χ0n) is 37.7. The van der Waals surface area contributed by atoms with E-state index in [9.17, 15) is 0 Å². The number of hydrogen-bond donors (Lipinski definition) is 0. The number of anilines is 3. The molecule has 2 aromatic heterocycles. The summed E-state index contributed by atoms with van der Waals surface area (Å²) in [5, 5.41) is 4.81. The summed E-state index contributed by atoms with van der Waals surface area (Å²) in [4.78, 5) is 2.38. The Kier molecular flexibility index (Phi) is 9.84. The summed E-state index contributed by atoms with van der Waals surface area (Å²) < 4.78 is 8.63. The minimum atomic E-state index is 0.902. The van der Waals surface area contributed by atoms with E-state index in [4.69, 9.17) is 4.42 Å². The van der Waals surface area contributed by atoms with Crippen LogP contribution in [-0.2, 0) is 0 Å². The van der Waals surface area contributed by atoms with Crippen molar-refractivity contribution in [2.45, 2.75) is 0 Å². The fourth-order valence-electron chi connectivity index (χ4n) is 10.2. The average Bonchev–Trinajstić information content (AvgIpc) is 3.97. The summed E-state index contributed by atoms with van der Waals surface area (Å²) in [5.74, 6) is 0. The molecule has 0 bridgehead atoms. The standard InChI is InChI=1S/C66H44N2O/c1-2-14-49(15-3-1)57-20-4-8-24-62(57)67(55-39-34-48(35-40-55)50-16-12-17-51(42-50)53-36-41-61-60-23-7-11-27-65(60)69-66(61)44-53)54-37-32-46(33-38-54)45-28-30-47(31-29-45)52-18-13-19-56(43-52)68-63-25-9-5-21-58(63)59-22-6-10-26-64(59)68/h1-44H. The molecule has 0 aliphatic rings. The van der Waals surface area contributed by atoms with Crippen LogP contribution in [0.4, 0.5) is 17.1 Å². The Labute approximate surface area is 401 Å². The molecule has 0 atom stereocenters. The van der Waals surface area contributed by atoms with E-state index in [-0.39, 0.29) is 0 Å². The number of nitrogens with zero attached hydrogens (tertiary/aromatic N) is 2. The van der Waals surface area contributed by atoms with Crippen molar-refractivity contribution >= 4 is 60.8 Å². The van der Waals surface area contributed by atoms with Crippen LogP contribution in [0.25, 0.3) is 105 Å². The van der Waals surface area contributed by atoms with Crippen LogP contribution in [0.5, 0.6) is 0 Å². The first-order valence-electron chi connectivity index (χ1n) is 23.6. The molecule has 324 valence electrons. The average molecular weight is 881 g/mol.